The number of nitriles is 3. The average molecular weight is 407 g/mol. The van der Waals surface area contributed by atoms with E-state index in [1.165, 1.54) is 11.3 Å². The monoisotopic (exact) mass is 406 g/mol. The smallest absolute Gasteiger partial charge is 0.179 e. The predicted molar refractivity (Wildman–Crippen MR) is 110 cm³/mol. The van der Waals surface area contributed by atoms with Crippen LogP contribution in [0.4, 0.5) is 0 Å². The van der Waals surface area contributed by atoms with E-state index in [0.717, 1.165) is 18.9 Å². The highest BCUT2D eigenvalue weighted by Gasteiger charge is 2.72. The van der Waals surface area contributed by atoms with E-state index in [9.17, 15) is 15.8 Å². The van der Waals surface area contributed by atoms with Crippen molar-refractivity contribution in [3.8, 4) is 18.2 Å². The van der Waals surface area contributed by atoms with Gasteiger partial charge in [0.15, 0.2) is 5.41 Å². The van der Waals surface area contributed by atoms with Gasteiger partial charge in [-0.3, -0.25) is 0 Å². The summed E-state index contributed by atoms with van der Waals surface area (Å²) in [6.45, 7) is 4.05. The Kier molecular flexibility index (Phi) is 4.13. The minimum Gasteiger partial charge on any atom is -0.303 e. The summed E-state index contributed by atoms with van der Waals surface area (Å²) in [6.07, 6.45) is 3.80. The molecule has 4 rings (SSSR count). The third-order valence-electron chi connectivity index (χ3n) is 5.61. The molecular formula is C20H14N4S3. The Morgan fingerprint density at radius 3 is 2.15 bits per heavy atom. The number of fused-ring (bicyclic) bond motifs is 2. The van der Waals surface area contributed by atoms with Crippen molar-refractivity contribution >= 4 is 40.6 Å². The molecule has 0 saturated heterocycles. The lowest BCUT2D eigenvalue weighted by Gasteiger charge is -2.39. The number of hydrogen-bond acceptors (Lipinski definition) is 7. The van der Waals surface area contributed by atoms with Crippen molar-refractivity contribution in [2.75, 3.05) is 0 Å². The normalized spacial score (nSPS) is 31.0. The minimum atomic E-state index is -1.60. The van der Waals surface area contributed by atoms with E-state index < -0.39 is 22.7 Å². The lowest BCUT2D eigenvalue weighted by atomic mass is 9.55. The maximum Gasteiger partial charge on any atom is 0.179 e. The molecule has 1 aromatic heterocycles. The Morgan fingerprint density at radius 1 is 1.00 bits per heavy atom. The van der Waals surface area contributed by atoms with E-state index in [1.807, 2.05) is 43.5 Å². The van der Waals surface area contributed by atoms with Crippen LogP contribution in [0.3, 0.4) is 0 Å². The second kappa shape index (κ2) is 6.14. The topological polar surface area (TPSA) is 95.2 Å². The highest BCUT2D eigenvalue weighted by Crippen LogP contribution is 2.68. The molecule has 27 heavy (non-hydrogen) atoms. The zero-order valence-electron chi connectivity index (χ0n) is 14.6. The van der Waals surface area contributed by atoms with Gasteiger partial charge in [0.2, 0.25) is 0 Å². The Hall–Kier alpha value is -2.24. The van der Waals surface area contributed by atoms with E-state index >= 15 is 0 Å². The van der Waals surface area contributed by atoms with Gasteiger partial charge in [-0.25, -0.2) is 0 Å². The van der Waals surface area contributed by atoms with Gasteiger partial charge in [0.25, 0.3) is 0 Å². The van der Waals surface area contributed by atoms with Crippen molar-refractivity contribution in [3.63, 3.8) is 0 Å². The number of rotatable bonds is 1. The third kappa shape index (κ3) is 2.07. The molecule has 4 nitrogen and oxygen atoms in total. The quantitative estimate of drug-likeness (QED) is 0.618. The van der Waals surface area contributed by atoms with E-state index in [2.05, 4.69) is 18.2 Å². The van der Waals surface area contributed by atoms with Gasteiger partial charge in [0, 0.05) is 22.3 Å². The number of hydrogen-bond donors (Lipinski definition) is 1. The summed E-state index contributed by atoms with van der Waals surface area (Å²) < 4.78 is 0.920. The molecule has 0 spiro atoms. The van der Waals surface area contributed by atoms with Gasteiger partial charge < -0.3 is 5.41 Å². The van der Waals surface area contributed by atoms with Crippen LogP contribution in [-0.2, 0) is 0 Å². The first-order chi connectivity index (χ1) is 13.0. The second-order valence-corrected chi connectivity index (χ2v) is 10.4. The molecule has 2 bridgehead atoms. The Balaban J connectivity index is 2.02. The molecule has 3 unspecified atom stereocenters. The van der Waals surface area contributed by atoms with Crippen LogP contribution in [0.5, 0.6) is 0 Å². The van der Waals surface area contributed by atoms with Crippen LogP contribution in [0, 0.1) is 56.2 Å². The van der Waals surface area contributed by atoms with Crippen LogP contribution in [0.2, 0.25) is 0 Å². The van der Waals surface area contributed by atoms with Crippen molar-refractivity contribution in [2.45, 2.75) is 19.8 Å². The van der Waals surface area contributed by atoms with E-state index in [0.29, 0.717) is 5.57 Å². The van der Waals surface area contributed by atoms with Gasteiger partial charge >= 0.3 is 0 Å². The highest BCUT2D eigenvalue weighted by atomic mass is 32.2. The molecule has 1 aromatic rings. The van der Waals surface area contributed by atoms with Crippen LogP contribution in [0.15, 0.2) is 49.3 Å². The van der Waals surface area contributed by atoms with Crippen LogP contribution in [-0.4, -0.2) is 5.71 Å². The molecule has 132 valence electrons. The lowest BCUT2D eigenvalue weighted by molar-refractivity contribution is 0.259. The molecule has 2 heterocycles. The zero-order valence-corrected chi connectivity index (χ0v) is 17.1. The maximum atomic E-state index is 10.3. The number of allylic oxidation sites excluding steroid dienone is 5. The van der Waals surface area contributed by atoms with Crippen molar-refractivity contribution in [2.24, 2.45) is 16.7 Å². The van der Waals surface area contributed by atoms with Crippen LogP contribution in [0.1, 0.15) is 24.6 Å². The molecule has 1 aliphatic heterocycles. The molecular weight excluding hydrogens is 392 g/mol. The Bertz CT molecular complexity index is 1040. The predicted octanol–water partition coefficient (Wildman–Crippen LogP) is 5.54. The standard InChI is InChI=1S/C20H14N4S3/c1-11-12(2)27-18(26-11)16-14-6-5-13(15-4-3-7-25-15)20(10-23,17(16)24)19(14,8-21)9-22/h3-7,13-14,24H,1-2H3. The number of nitrogens with one attached hydrogen (secondary N) is 1. The molecule has 0 aromatic carbocycles. The van der Waals surface area contributed by atoms with Gasteiger partial charge in [0.1, 0.15) is 5.41 Å². The van der Waals surface area contributed by atoms with Gasteiger partial charge in [-0.05, 0) is 35.1 Å². The van der Waals surface area contributed by atoms with Crippen molar-refractivity contribution in [1.82, 2.24) is 0 Å². The Morgan fingerprint density at radius 2 is 1.63 bits per heavy atom. The third-order valence-corrected chi connectivity index (χ3v) is 9.23. The highest BCUT2D eigenvalue weighted by molar-refractivity contribution is 8.28. The molecule has 3 atom stereocenters. The van der Waals surface area contributed by atoms with Crippen molar-refractivity contribution in [1.29, 1.82) is 21.2 Å². The summed E-state index contributed by atoms with van der Waals surface area (Å²) in [5.41, 5.74) is -2.31. The first kappa shape index (κ1) is 18.1. The van der Waals surface area contributed by atoms with E-state index in [-0.39, 0.29) is 5.71 Å². The van der Waals surface area contributed by atoms with E-state index in [4.69, 9.17) is 5.41 Å². The molecule has 0 amide bonds. The zero-order chi connectivity index (χ0) is 19.4. The summed E-state index contributed by atoms with van der Waals surface area (Å²) in [5.74, 6) is -1.04. The minimum absolute atomic E-state index is 0.124. The lowest BCUT2D eigenvalue weighted by Crippen LogP contribution is -2.47. The fourth-order valence-corrected chi connectivity index (χ4v) is 7.71. The first-order valence-corrected chi connectivity index (χ1v) is 10.8. The molecule has 1 saturated carbocycles. The number of thiophene rings is 1. The summed E-state index contributed by atoms with van der Waals surface area (Å²) in [6, 6.07) is 10.4. The SMILES string of the molecule is CC1=C(C)SC(=C2C(=N)C3(C#N)C(c4cccs4)C=CC2C3(C#N)C#N)S1. The molecule has 0 radical (unpaired) electrons. The largest absolute Gasteiger partial charge is 0.303 e. The molecule has 3 aliphatic rings. The summed E-state index contributed by atoms with van der Waals surface area (Å²) in [7, 11) is 0. The second-order valence-electron chi connectivity index (χ2n) is 6.70. The summed E-state index contributed by atoms with van der Waals surface area (Å²) in [4.78, 5) is 3.21. The summed E-state index contributed by atoms with van der Waals surface area (Å²) in [5, 5.41) is 41.5. The Labute approximate surface area is 170 Å². The van der Waals surface area contributed by atoms with Gasteiger partial charge in [-0.1, -0.05) is 41.7 Å². The van der Waals surface area contributed by atoms with E-state index in [1.54, 1.807) is 23.5 Å². The molecule has 2 aliphatic carbocycles. The van der Waals surface area contributed by atoms with Gasteiger partial charge in [-0.15, -0.1) is 11.3 Å². The van der Waals surface area contributed by atoms with Gasteiger partial charge in [-0.2, -0.15) is 15.8 Å². The fourth-order valence-electron chi connectivity index (χ4n) is 4.15. The molecule has 1 N–H and O–H groups in total. The van der Waals surface area contributed by atoms with Crippen molar-refractivity contribution < 1.29 is 0 Å². The molecule has 1 fully saturated rings. The summed E-state index contributed by atoms with van der Waals surface area (Å²) >= 11 is 4.64. The number of nitrogens with zero attached hydrogens (tertiary/aromatic N) is 3. The average Bonchev–Trinajstić information content (AvgIpc) is 3.33. The van der Waals surface area contributed by atoms with Crippen molar-refractivity contribution in [3.05, 3.63) is 54.2 Å². The fraction of sp³-hybridized carbons (Fsp3) is 0.300. The first-order valence-electron chi connectivity index (χ1n) is 8.29. The van der Waals surface area contributed by atoms with Gasteiger partial charge in [0.05, 0.1) is 28.2 Å². The van der Waals surface area contributed by atoms with Crippen LogP contribution < -0.4 is 0 Å². The van der Waals surface area contributed by atoms with Crippen LogP contribution >= 0.6 is 34.9 Å². The van der Waals surface area contributed by atoms with Crippen LogP contribution in [0.25, 0.3) is 0 Å². The maximum absolute atomic E-state index is 10.3. The molecule has 7 heteroatoms. The number of thioether (sulfide) groups is 2.